The molecule has 0 atom stereocenters. The van der Waals surface area contributed by atoms with Crippen molar-refractivity contribution < 1.29 is 9.53 Å². The number of nitrogens with zero attached hydrogens (tertiary/aromatic N) is 1. The van der Waals surface area contributed by atoms with Gasteiger partial charge >= 0.3 is 5.97 Å². The van der Waals surface area contributed by atoms with Crippen molar-refractivity contribution in [2.45, 2.75) is 6.42 Å². The standard InChI is InChI=1S/C13H13ClN2O2/c1-18-12(17)6-7-15-13-10-5-3-2-4-9(10)8-11(14)16-13/h2-5,8H,6-7H2,1H3,(H,15,16). The quantitative estimate of drug-likeness (QED) is 0.681. The van der Waals surface area contributed by atoms with Crippen LogP contribution < -0.4 is 5.32 Å². The Morgan fingerprint density at radius 3 is 3.00 bits per heavy atom. The van der Waals surface area contributed by atoms with Gasteiger partial charge in [-0.25, -0.2) is 4.98 Å². The van der Waals surface area contributed by atoms with E-state index < -0.39 is 0 Å². The predicted molar refractivity (Wildman–Crippen MR) is 71.9 cm³/mol. The number of fused-ring (bicyclic) bond motifs is 1. The molecular weight excluding hydrogens is 252 g/mol. The lowest BCUT2D eigenvalue weighted by Gasteiger charge is -2.08. The molecule has 1 aromatic heterocycles. The maximum Gasteiger partial charge on any atom is 0.307 e. The molecule has 1 heterocycles. The fourth-order valence-electron chi connectivity index (χ4n) is 1.69. The van der Waals surface area contributed by atoms with Gasteiger partial charge in [-0.15, -0.1) is 0 Å². The summed E-state index contributed by atoms with van der Waals surface area (Å²) in [5.74, 6) is 0.427. The molecule has 0 unspecified atom stereocenters. The number of carbonyl (C=O) groups is 1. The highest BCUT2D eigenvalue weighted by molar-refractivity contribution is 6.30. The van der Waals surface area contributed by atoms with Crippen LogP contribution in [0.15, 0.2) is 30.3 Å². The van der Waals surface area contributed by atoms with Gasteiger partial charge in [0.05, 0.1) is 13.5 Å². The van der Waals surface area contributed by atoms with Gasteiger partial charge in [0.1, 0.15) is 11.0 Å². The normalized spacial score (nSPS) is 10.3. The molecule has 0 amide bonds. The van der Waals surface area contributed by atoms with E-state index in [2.05, 4.69) is 15.0 Å². The number of ether oxygens (including phenoxy) is 1. The van der Waals surface area contributed by atoms with Gasteiger partial charge in [0.2, 0.25) is 0 Å². The van der Waals surface area contributed by atoms with Crippen LogP contribution in [-0.4, -0.2) is 24.6 Å². The van der Waals surface area contributed by atoms with E-state index in [1.165, 1.54) is 7.11 Å². The second-order valence-electron chi connectivity index (χ2n) is 3.77. The van der Waals surface area contributed by atoms with Crippen molar-refractivity contribution in [2.75, 3.05) is 19.0 Å². The second kappa shape index (κ2) is 5.69. The van der Waals surface area contributed by atoms with Gasteiger partial charge in [-0.2, -0.15) is 0 Å². The minimum atomic E-state index is -0.256. The molecule has 5 heteroatoms. The fraction of sp³-hybridized carbons (Fsp3) is 0.231. The van der Waals surface area contributed by atoms with Crippen molar-refractivity contribution >= 4 is 34.2 Å². The van der Waals surface area contributed by atoms with Gasteiger partial charge in [0, 0.05) is 11.9 Å². The van der Waals surface area contributed by atoms with Crippen molar-refractivity contribution in [3.8, 4) is 0 Å². The maximum absolute atomic E-state index is 11.0. The highest BCUT2D eigenvalue weighted by Crippen LogP contribution is 2.24. The predicted octanol–water partition coefficient (Wildman–Crippen LogP) is 2.86. The van der Waals surface area contributed by atoms with Crippen LogP contribution in [0.5, 0.6) is 0 Å². The number of benzene rings is 1. The van der Waals surface area contributed by atoms with E-state index in [9.17, 15) is 4.79 Å². The van der Waals surface area contributed by atoms with Gasteiger partial charge in [0.15, 0.2) is 0 Å². The zero-order valence-electron chi connectivity index (χ0n) is 9.94. The Hall–Kier alpha value is -1.81. The lowest BCUT2D eigenvalue weighted by molar-refractivity contribution is -0.140. The van der Waals surface area contributed by atoms with Crippen molar-refractivity contribution in [1.29, 1.82) is 0 Å². The van der Waals surface area contributed by atoms with Crippen molar-refractivity contribution in [3.63, 3.8) is 0 Å². The molecule has 0 bridgehead atoms. The number of anilines is 1. The highest BCUT2D eigenvalue weighted by atomic mass is 35.5. The molecular formula is C13H13ClN2O2. The fourth-order valence-corrected chi connectivity index (χ4v) is 1.89. The third kappa shape index (κ3) is 2.90. The molecule has 0 radical (unpaired) electrons. The average molecular weight is 265 g/mol. The third-order valence-electron chi connectivity index (χ3n) is 2.56. The van der Waals surface area contributed by atoms with Crippen LogP contribution in [0, 0.1) is 0 Å². The number of aromatic nitrogens is 1. The molecule has 0 fully saturated rings. The molecule has 1 N–H and O–H groups in total. The van der Waals surface area contributed by atoms with E-state index >= 15 is 0 Å². The third-order valence-corrected chi connectivity index (χ3v) is 2.75. The molecule has 0 saturated carbocycles. The summed E-state index contributed by atoms with van der Waals surface area (Å²) < 4.78 is 4.57. The monoisotopic (exact) mass is 264 g/mol. The van der Waals surface area contributed by atoms with E-state index in [4.69, 9.17) is 11.6 Å². The molecule has 0 aliphatic rings. The lowest BCUT2D eigenvalue weighted by Crippen LogP contribution is -2.10. The van der Waals surface area contributed by atoms with E-state index in [1.54, 1.807) is 0 Å². The van der Waals surface area contributed by atoms with Crippen molar-refractivity contribution in [3.05, 3.63) is 35.5 Å². The SMILES string of the molecule is COC(=O)CCNc1nc(Cl)cc2ccccc12. The van der Waals surface area contributed by atoms with Crippen LogP contribution in [0.2, 0.25) is 5.15 Å². The van der Waals surface area contributed by atoms with Crippen LogP contribution in [0.3, 0.4) is 0 Å². The number of rotatable bonds is 4. The first-order chi connectivity index (χ1) is 8.70. The number of pyridine rings is 1. The summed E-state index contributed by atoms with van der Waals surface area (Å²) in [5, 5.41) is 5.51. The summed E-state index contributed by atoms with van der Waals surface area (Å²) in [6, 6.07) is 9.61. The van der Waals surface area contributed by atoms with Gasteiger partial charge < -0.3 is 10.1 Å². The Morgan fingerprint density at radius 2 is 2.22 bits per heavy atom. The largest absolute Gasteiger partial charge is 0.469 e. The van der Waals surface area contributed by atoms with Gasteiger partial charge in [-0.05, 0) is 11.5 Å². The number of carbonyl (C=O) groups excluding carboxylic acids is 1. The molecule has 0 saturated heterocycles. The van der Waals surface area contributed by atoms with E-state index in [-0.39, 0.29) is 5.97 Å². The van der Waals surface area contributed by atoms with Crippen molar-refractivity contribution in [1.82, 2.24) is 4.98 Å². The number of hydrogen-bond acceptors (Lipinski definition) is 4. The van der Waals surface area contributed by atoms with E-state index in [0.29, 0.717) is 23.9 Å². The van der Waals surface area contributed by atoms with Crippen LogP contribution in [0.4, 0.5) is 5.82 Å². The Kier molecular flexibility index (Phi) is 3.99. The molecule has 0 aliphatic carbocycles. The lowest BCUT2D eigenvalue weighted by atomic mass is 10.1. The summed E-state index contributed by atoms with van der Waals surface area (Å²) in [7, 11) is 1.37. The first kappa shape index (κ1) is 12.6. The molecule has 94 valence electrons. The molecule has 1 aromatic carbocycles. The molecule has 0 spiro atoms. The number of halogens is 1. The Morgan fingerprint density at radius 1 is 1.44 bits per heavy atom. The summed E-state index contributed by atoms with van der Waals surface area (Å²) in [6.45, 7) is 0.462. The molecule has 18 heavy (non-hydrogen) atoms. The zero-order valence-corrected chi connectivity index (χ0v) is 10.7. The van der Waals surface area contributed by atoms with Gasteiger partial charge in [-0.3, -0.25) is 4.79 Å². The summed E-state index contributed by atoms with van der Waals surface area (Å²) in [4.78, 5) is 15.3. The zero-order chi connectivity index (χ0) is 13.0. The summed E-state index contributed by atoms with van der Waals surface area (Å²) in [6.07, 6.45) is 0.291. The van der Waals surface area contributed by atoms with Crippen molar-refractivity contribution in [2.24, 2.45) is 0 Å². The van der Waals surface area contributed by atoms with Gasteiger partial charge in [-0.1, -0.05) is 35.9 Å². The molecule has 4 nitrogen and oxygen atoms in total. The van der Waals surface area contributed by atoms with Crippen LogP contribution in [0.1, 0.15) is 6.42 Å². The number of esters is 1. The molecule has 2 aromatic rings. The van der Waals surface area contributed by atoms with Crippen LogP contribution >= 0.6 is 11.6 Å². The number of hydrogen-bond donors (Lipinski definition) is 1. The van der Waals surface area contributed by atoms with Gasteiger partial charge in [0.25, 0.3) is 0 Å². The average Bonchev–Trinajstić information content (AvgIpc) is 2.38. The Bertz CT molecular complexity index is 572. The Labute approximate surface area is 110 Å². The number of methoxy groups -OCH3 is 1. The molecule has 0 aliphatic heterocycles. The summed E-state index contributed by atoms with van der Waals surface area (Å²) >= 11 is 5.95. The van der Waals surface area contributed by atoms with Crippen LogP contribution in [0.25, 0.3) is 10.8 Å². The first-order valence-corrected chi connectivity index (χ1v) is 5.94. The minimum absolute atomic E-state index is 0.256. The number of nitrogens with one attached hydrogen (secondary N) is 1. The maximum atomic E-state index is 11.0. The van der Waals surface area contributed by atoms with E-state index in [0.717, 1.165) is 10.8 Å². The second-order valence-corrected chi connectivity index (χ2v) is 4.15. The molecule has 2 rings (SSSR count). The first-order valence-electron chi connectivity index (χ1n) is 5.56. The summed E-state index contributed by atoms with van der Waals surface area (Å²) in [5.41, 5.74) is 0. The highest BCUT2D eigenvalue weighted by Gasteiger charge is 2.05. The smallest absolute Gasteiger partial charge is 0.307 e. The van der Waals surface area contributed by atoms with E-state index in [1.807, 2.05) is 30.3 Å². The Balaban J connectivity index is 2.19. The van der Waals surface area contributed by atoms with Crippen LogP contribution in [-0.2, 0) is 9.53 Å². The topological polar surface area (TPSA) is 51.2 Å². The minimum Gasteiger partial charge on any atom is -0.469 e.